The van der Waals surface area contributed by atoms with Gasteiger partial charge in [-0.3, -0.25) is 19.2 Å². The van der Waals surface area contributed by atoms with Crippen LogP contribution in [0, 0.1) is 17.8 Å². The zero-order valence-electron chi connectivity index (χ0n) is 20.2. The predicted octanol–water partition coefficient (Wildman–Crippen LogP) is 3.15. The first kappa shape index (κ1) is 24.0. The van der Waals surface area contributed by atoms with Crippen molar-refractivity contribution in [3.8, 4) is 17.0 Å². The number of fused-ring (bicyclic) bond motifs is 3. The third kappa shape index (κ3) is 4.11. The average Bonchev–Trinajstić information content (AvgIpc) is 3.21. The highest BCUT2D eigenvalue weighted by molar-refractivity contribution is 5.93. The lowest BCUT2D eigenvalue weighted by Gasteiger charge is -2.45. The number of ether oxygens (including phenoxy) is 2. The molecule has 0 saturated carbocycles. The molecule has 2 aromatic rings. The first-order valence-electron chi connectivity index (χ1n) is 11.5. The van der Waals surface area contributed by atoms with Crippen LogP contribution in [0.5, 0.6) is 5.75 Å². The zero-order valence-corrected chi connectivity index (χ0v) is 20.2. The van der Waals surface area contributed by atoms with Crippen LogP contribution in [0.2, 0.25) is 0 Å². The Morgan fingerprint density at radius 3 is 2.26 bits per heavy atom. The summed E-state index contributed by atoms with van der Waals surface area (Å²) in [5.74, 6) is -2.78. The number of imidazole rings is 1. The second-order valence-corrected chi connectivity index (χ2v) is 9.35. The van der Waals surface area contributed by atoms with E-state index >= 15 is 0 Å². The minimum Gasteiger partial charge on any atom is -0.497 e. The molecule has 2 aliphatic rings. The number of carbonyl (C=O) groups excluding carboxylic acids is 4. The summed E-state index contributed by atoms with van der Waals surface area (Å²) < 4.78 is 13.6. The molecule has 34 heavy (non-hydrogen) atoms. The van der Waals surface area contributed by atoms with Crippen molar-refractivity contribution in [1.82, 2.24) is 9.55 Å². The summed E-state index contributed by atoms with van der Waals surface area (Å²) in [6, 6.07) is 5.82. The molecule has 1 aromatic heterocycles. The number of hydrogen-bond acceptors (Lipinski definition) is 7. The molecule has 1 aliphatic carbocycles. The quantitative estimate of drug-likeness (QED) is 0.617. The number of benzene rings is 1. The van der Waals surface area contributed by atoms with Gasteiger partial charge in [-0.05, 0) is 64.3 Å². The van der Waals surface area contributed by atoms with Crippen LogP contribution in [0.1, 0.15) is 51.6 Å². The van der Waals surface area contributed by atoms with Crippen molar-refractivity contribution < 1.29 is 28.7 Å². The number of hydrogen-bond donors (Lipinski definition) is 0. The van der Waals surface area contributed by atoms with Gasteiger partial charge in [-0.1, -0.05) is 0 Å². The number of aryl methyl sites for hydroxylation is 2. The molecule has 180 valence electrons. The minimum absolute atomic E-state index is 0.0141. The van der Waals surface area contributed by atoms with Gasteiger partial charge in [-0.15, -0.1) is 0 Å². The van der Waals surface area contributed by atoms with E-state index in [1.807, 2.05) is 22.8 Å². The summed E-state index contributed by atoms with van der Waals surface area (Å²) >= 11 is 0. The van der Waals surface area contributed by atoms with Crippen molar-refractivity contribution in [2.45, 2.75) is 59.3 Å². The van der Waals surface area contributed by atoms with Gasteiger partial charge in [0.05, 0.1) is 42.8 Å². The Balaban J connectivity index is 1.87. The maximum Gasteiger partial charge on any atom is 0.146 e. The maximum absolute atomic E-state index is 13.0. The molecular formula is C26H30N2O6. The van der Waals surface area contributed by atoms with E-state index in [1.165, 1.54) is 27.7 Å². The Bertz CT molecular complexity index is 1170. The number of ketones is 4. The second kappa shape index (κ2) is 9.25. The van der Waals surface area contributed by atoms with Gasteiger partial charge >= 0.3 is 0 Å². The van der Waals surface area contributed by atoms with E-state index in [2.05, 4.69) is 4.98 Å². The molecule has 8 nitrogen and oxygen atoms in total. The van der Waals surface area contributed by atoms with Crippen LogP contribution in [0.3, 0.4) is 0 Å². The van der Waals surface area contributed by atoms with Crippen molar-refractivity contribution in [2.24, 2.45) is 17.8 Å². The lowest BCUT2D eigenvalue weighted by Crippen LogP contribution is -2.53. The van der Waals surface area contributed by atoms with Crippen LogP contribution in [-0.4, -0.2) is 45.9 Å². The fourth-order valence-electron chi connectivity index (χ4n) is 5.61. The number of Topliss-reactive ketones (excluding diaryl/α,β-unsaturated/α-hetero) is 4. The monoisotopic (exact) mass is 466 g/mol. The molecule has 0 spiro atoms. The Kier molecular flexibility index (Phi) is 6.53. The summed E-state index contributed by atoms with van der Waals surface area (Å²) in [6.45, 7) is 5.63. The van der Waals surface area contributed by atoms with Gasteiger partial charge in [0.25, 0.3) is 0 Å². The number of aromatic nitrogens is 2. The molecule has 4 rings (SSSR count). The van der Waals surface area contributed by atoms with Crippen molar-refractivity contribution in [2.75, 3.05) is 7.11 Å². The van der Waals surface area contributed by atoms with Gasteiger partial charge in [-0.2, -0.15) is 0 Å². The van der Waals surface area contributed by atoms with Gasteiger partial charge in [0.1, 0.15) is 35.1 Å². The van der Waals surface area contributed by atoms with Gasteiger partial charge in [0.15, 0.2) is 0 Å². The molecule has 5 atom stereocenters. The Morgan fingerprint density at radius 1 is 1.00 bits per heavy atom. The summed E-state index contributed by atoms with van der Waals surface area (Å²) in [6.07, 6.45) is 1.47. The molecule has 1 saturated heterocycles. The van der Waals surface area contributed by atoms with Gasteiger partial charge < -0.3 is 14.0 Å². The lowest BCUT2D eigenvalue weighted by molar-refractivity contribution is -0.189. The van der Waals surface area contributed by atoms with E-state index in [0.29, 0.717) is 6.42 Å². The predicted molar refractivity (Wildman–Crippen MR) is 123 cm³/mol. The largest absolute Gasteiger partial charge is 0.497 e. The van der Waals surface area contributed by atoms with Crippen LogP contribution >= 0.6 is 0 Å². The van der Waals surface area contributed by atoms with Gasteiger partial charge in [0.2, 0.25) is 0 Å². The van der Waals surface area contributed by atoms with E-state index in [0.717, 1.165) is 34.7 Å². The third-order valence-electron chi connectivity index (χ3n) is 7.04. The smallest absolute Gasteiger partial charge is 0.146 e. The summed E-state index contributed by atoms with van der Waals surface area (Å²) in [4.78, 5) is 55.1. The Labute approximate surface area is 198 Å². The van der Waals surface area contributed by atoms with Crippen LogP contribution in [0.4, 0.5) is 0 Å². The summed E-state index contributed by atoms with van der Waals surface area (Å²) in [5, 5.41) is 0. The molecule has 1 aliphatic heterocycles. The minimum atomic E-state index is -0.880. The van der Waals surface area contributed by atoms with E-state index in [1.54, 1.807) is 13.4 Å². The topological polar surface area (TPSA) is 105 Å². The molecule has 0 bridgehead atoms. The number of rotatable bonds is 7. The second-order valence-electron chi connectivity index (χ2n) is 9.35. The third-order valence-corrected chi connectivity index (χ3v) is 7.04. The fraction of sp³-hybridized carbons (Fsp3) is 0.500. The number of methoxy groups -OCH3 is 1. The lowest BCUT2D eigenvalue weighted by atomic mass is 9.69. The maximum atomic E-state index is 13.0. The summed E-state index contributed by atoms with van der Waals surface area (Å²) in [7, 11) is 1.62. The van der Waals surface area contributed by atoms with Crippen LogP contribution in [0.15, 0.2) is 24.5 Å². The molecule has 8 heteroatoms. The molecule has 0 unspecified atom stereocenters. The highest BCUT2D eigenvalue weighted by Gasteiger charge is 2.52. The zero-order chi connectivity index (χ0) is 24.7. The van der Waals surface area contributed by atoms with Crippen molar-refractivity contribution >= 4 is 23.1 Å². The van der Waals surface area contributed by atoms with E-state index < -0.39 is 30.1 Å². The number of nitrogens with zero attached hydrogens (tertiary/aromatic N) is 2. The first-order valence-corrected chi connectivity index (χ1v) is 11.5. The van der Waals surface area contributed by atoms with Crippen LogP contribution in [0.25, 0.3) is 11.3 Å². The van der Waals surface area contributed by atoms with Crippen LogP contribution in [-0.2, 0) is 36.8 Å². The molecule has 0 radical (unpaired) electrons. The molecule has 1 fully saturated rings. The molecule has 0 amide bonds. The highest BCUT2D eigenvalue weighted by Crippen LogP contribution is 2.46. The molecule has 2 heterocycles. The van der Waals surface area contributed by atoms with Crippen molar-refractivity contribution in [3.63, 3.8) is 0 Å². The molecule has 0 N–H and O–H groups in total. The standard InChI is InChI=1S/C26H30N2O6/c1-13(29)10-21-22(14(2)30)23(15(3)31)24(16(4)32)26(34-21)28-12-27-20-9-6-17-11-18(33-5)7-8-19(17)25(20)28/h7-8,11-12,21-24,26H,6,9-10H2,1-5H3/t21-,22-,23+,24-,26-/m0/s1. The average molecular weight is 467 g/mol. The first-order chi connectivity index (χ1) is 16.1. The number of carbonyl (C=O) groups is 4. The van der Waals surface area contributed by atoms with Gasteiger partial charge in [-0.25, -0.2) is 4.98 Å². The van der Waals surface area contributed by atoms with Crippen molar-refractivity contribution in [1.29, 1.82) is 0 Å². The molecular weight excluding hydrogens is 436 g/mol. The van der Waals surface area contributed by atoms with E-state index in [4.69, 9.17) is 9.47 Å². The normalized spacial score (nSPS) is 25.7. The SMILES string of the molecule is COc1ccc2c(c1)CCc1ncn([C@H]3O[C@@H](CC(C)=O)[C@H](C(C)=O)[C@@H](C(C)=O)[C@@H]3C(C)=O)c1-2. The van der Waals surface area contributed by atoms with Crippen LogP contribution < -0.4 is 4.74 Å². The Hall–Kier alpha value is -3.13. The summed E-state index contributed by atoms with van der Waals surface area (Å²) in [5.41, 5.74) is 3.75. The Morgan fingerprint density at radius 2 is 1.68 bits per heavy atom. The van der Waals surface area contributed by atoms with Gasteiger partial charge in [0, 0.05) is 17.9 Å². The highest BCUT2D eigenvalue weighted by atomic mass is 16.5. The van der Waals surface area contributed by atoms with E-state index in [9.17, 15) is 19.2 Å². The molecule has 1 aromatic carbocycles. The van der Waals surface area contributed by atoms with E-state index in [-0.39, 0.29) is 29.6 Å². The fourth-order valence-corrected chi connectivity index (χ4v) is 5.61. The van der Waals surface area contributed by atoms with Crippen molar-refractivity contribution in [3.05, 3.63) is 35.8 Å².